The number of hydrogen-bond donors (Lipinski definition) is 1. The fraction of sp³-hybridized carbons (Fsp3) is 0. The molecule has 0 aliphatic heterocycles. The van der Waals surface area contributed by atoms with Crippen LogP contribution in [0.3, 0.4) is 0 Å². The van der Waals surface area contributed by atoms with Crippen molar-refractivity contribution in [1.82, 2.24) is 19.8 Å². The number of rotatable bonds is 4. The third-order valence-corrected chi connectivity index (χ3v) is 7.17. The van der Waals surface area contributed by atoms with E-state index in [1.165, 1.54) is 40.1 Å². The van der Waals surface area contributed by atoms with E-state index in [0.717, 1.165) is 15.9 Å². The number of benzene rings is 2. The Morgan fingerprint density at radius 2 is 1.76 bits per heavy atom. The highest BCUT2D eigenvalue weighted by atomic mass is 35.5. The van der Waals surface area contributed by atoms with E-state index >= 15 is 0 Å². The number of thiophene rings is 1. The van der Waals surface area contributed by atoms with Gasteiger partial charge in [-0.3, -0.25) is 0 Å². The second-order valence-electron chi connectivity index (χ2n) is 6.17. The maximum Gasteiger partial charge on any atom is 0.229 e. The number of anilines is 2. The van der Waals surface area contributed by atoms with Crippen LogP contribution < -0.4 is 5.32 Å². The first-order chi connectivity index (χ1) is 14.0. The second-order valence-corrected chi connectivity index (χ2v) is 9.39. The van der Waals surface area contributed by atoms with E-state index in [2.05, 4.69) is 20.6 Å². The summed E-state index contributed by atoms with van der Waals surface area (Å²) in [4.78, 5) is 4.65. The minimum absolute atomic E-state index is 0.0779. The molecule has 0 unspecified atom stereocenters. The van der Waals surface area contributed by atoms with Crippen molar-refractivity contribution in [1.29, 1.82) is 0 Å². The molecule has 0 aliphatic carbocycles. The summed E-state index contributed by atoms with van der Waals surface area (Å²) in [6.07, 6.45) is 0. The van der Waals surface area contributed by atoms with Crippen LogP contribution in [0.25, 0.3) is 15.9 Å². The van der Waals surface area contributed by atoms with Gasteiger partial charge >= 0.3 is 0 Å². The molecule has 0 aliphatic rings. The van der Waals surface area contributed by atoms with Gasteiger partial charge in [0.2, 0.25) is 14.9 Å². The van der Waals surface area contributed by atoms with Crippen molar-refractivity contribution in [3.8, 4) is 0 Å². The first-order valence-corrected chi connectivity index (χ1v) is 11.2. The number of hydrogen-bond acceptors (Lipinski definition) is 7. The van der Waals surface area contributed by atoms with E-state index in [1.807, 2.05) is 41.8 Å². The van der Waals surface area contributed by atoms with Gasteiger partial charge in [-0.05, 0) is 47.8 Å². The van der Waals surface area contributed by atoms with Crippen molar-refractivity contribution >= 4 is 60.1 Å². The summed E-state index contributed by atoms with van der Waals surface area (Å²) in [5.74, 6) is 0.545. The highest BCUT2D eigenvalue weighted by Crippen LogP contribution is 2.32. The molecule has 3 heterocycles. The van der Waals surface area contributed by atoms with Gasteiger partial charge in [0.05, 0.1) is 15.1 Å². The zero-order valence-corrected chi connectivity index (χ0v) is 17.0. The molecule has 5 rings (SSSR count). The fourth-order valence-corrected chi connectivity index (χ4v) is 5.14. The van der Waals surface area contributed by atoms with Crippen LogP contribution in [0.1, 0.15) is 0 Å². The zero-order valence-electron chi connectivity index (χ0n) is 14.7. The number of nitrogens with zero attached hydrogens (tertiary/aromatic N) is 4. The van der Waals surface area contributed by atoms with Crippen LogP contribution in [0.5, 0.6) is 0 Å². The van der Waals surface area contributed by atoms with Gasteiger partial charge < -0.3 is 5.32 Å². The summed E-state index contributed by atoms with van der Waals surface area (Å²) in [5, 5.41) is 13.4. The minimum Gasteiger partial charge on any atom is -0.339 e. The Bertz CT molecular complexity index is 1450. The van der Waals surface area contributed by atoms with E-state index in [9.17, 15) is 8.42 Å². The molecule has 3 aromatic heterocycles. The molecule has 0 atom stereocenters. The van der Waals surface area contributed by atoms with Crippen LogP contribution in [-0.4, -0.2) is 28.2 Å². The minimum atomic E-state index is -3.92. The van der Waals surface area contributed by atoms with Gasteiger partial charge in [-0.1, -0.05) is 35.0 Å². The zero-order chi connectivity index (χ0) is 20.0. The lowest BCUT2D eigenvalue weighted by atomic mass is 10.3. The maximum absolute atomic E-state index is 13.1. The summed E-state index contributed by atoms with van der Waals surface area (Å²) in [7, 11) is -3.92. The molecule has 5 aromatic rings. The summed E-state index contributed by atoms with van der Waals surface area (Å²) >= 11 is 7.37. The third kappa shape index (κ3) is 3.03. The van der Waals surface area contributed by atoms with Gasteiger partial charge in [0, 0.05) is 10.7 Å². The third-order valence-electron chi connectivity index (χ3n) is 4.34. The first kappa shape index (κ1) is 18.0. The SMILES string of the molecule is O=S(=O)(c1ccc(Cl)cc1)c1nnn2c1nc(Nc1ccccc1)c1sccc12. The Kier molecular flexibility index (Phi) is 4.23. The molecule has 0 spiro atoms. The molecular weight excluding hydrogens is 430 g/mol. The average molecular weight is 442 g/mol. The molecular formula is C19H12ClN5O2S2. The highest BCUT2D eigenvalue weighted by Gasteiger charge is 2.27. The number of halogens is 1. The van der Waals surface area contributed by atoms with Crippen molar-refractivity contribution in [3.63, 3.8) is 0 Å². The number of nitrogens with one attached hydrogen (secondary N) is 1. The Morgan fingerprint density at radius 3 is 2.52 bits per heavy atom. The Labute approximate surface area is 174 Å². The van der Waals surface area contributed by atoms with Crippen molar-refractivity contribution in [2.75, 3.05) is 5.32 Å². The Hall–Kier alpha value is -3.01. The quantitative estimate of drug-likeness (QED) is 0.439. The van der Waals surface area contributed by atoms with E-state index in [-0.39, 0.29) is 15.6 Å². The van der Waals surface area contributed by atoms with E-state index in [4.69, 9.17) is 11.6 Å². The number of aromatic nitrogens is 4. The lowest BCUT2D eigenvalue weighted by Crippen LogP contribution is -2.05. The highest BCUT2D eigenvalue weighted by molar-refractivity contribution is 7.91. The van der Waals surface area contributed by atoms with E-state index < -0.39 is 9.84 Å². The number of para-hydroxylation sites is 1. The molecule has 144 valence electrons. The van der Waals surface area contributed by atoms with Crippen molar-refractivity contribution < 1.29 is 8.42 Å². The summed E-state index contributed by atoms with van der Waals surface area (Å²) in [6.45, 7) is 0. The van der Waals surface area contributed by atoms with Gasteiger partial charge in [-0.2, -0.15) is 4.52 Å². The summed E-state index contributed by atoms with van der Waals surface area (Å²) in [5.41, 5.74) is 1.72. The van der Waals surface area contributed by atoms with E-state index in [0.29, 0.717) is 10.8 Å². The average Bonchev–Trinajstić information content (AvgIpc) is 3.36. The van der Waals surface area contributed by atoms with E-state index in [1.54, 1.807) is 0 Å². The first-order valence-electron chi connectivity index (χ1n) is 8.49. The van der Waals surface area contributed by atoms with Gasteiger partial charge in [0.25, 0.3) is 0 Å². The lowest BCUT2D eigenvalue weighted by Gasteiger charge is -2.08. The van der Waals surface area contributed by atoms with Gasteiger partial charge in [-0.15, -0.1) is 16.4 Å². The maximum atomic E-state index is 13.1. The molecule has 2 aromatic carbocycles. The number of fused-ring (bicyclic) bond motifs is 3. The van der Waals surface area contributed by atoms with Crippen LogP contribution in [0.2, 0.25) is 5.02 Å². The predicted molar refractivity (Wildman–Crippen MR) is 113 cm³/mol. The molecule has 0 amide bonds. The van der Waals surface area contributed by atoms with Crippen molar-refractivity contribution in [2.24, 2.45) is 0 Å². The van der Waals surface area contributed by atoms with Crippen LogP contribution in [-0.2, 0) is 9.84 Å². The summed E-state index contributed by atoms with van der Waals surface area (Å²) in [6, 6.07) is 17.3. The van der Waals surface area contributed by atoms with Gasteiger partial charge in [0.15, 0.2) is 11.5 Å². The topological polar surface area (TPSA) is 89.2 Å². The number of sulfone groups is 1. The molecule has 1 N–H and O–H groups in total. The monoisotopic (exact) mass is 441 g/mol. The predicted octanol–water partition coefficient (Wildman–Crippen LogP) is 4.57. The Morgan fingerprint density at radius 1 is 1.00 bits per heavy atom. The van der Waals surface area contributed by atoms with Crippen molar-refractivity contribution in [3.05, 3.63) is 71.1 Å². The van der Waals surface area contributed by atoms with Gasteiger partial charge in [-0.25, -0.2) is 13.4 Å². The fourth-order valence-electron chi connectivity index (χ4n) is 2.97. The smallest absolute Gasteiger partial charge is 0.229 e. The lowest BCUT2D eigenvalue weighted by molar-refractivity contribution is 0.592. The molecule has 7 nitrogen and oxygen atoms in total. The molecule has 0 saturated carbocycles. The standard InChI is InChI=1S/C19H12ClN5O2S2/c20-12-6-8-14(9-7-12)29(26,27)19-18-22-17(21-13-4-2-1-3-5-13)16-15(10-11-28-16)25(18)24-23-19/h1-11H,(H,21,22). The Balaban J connectivity index is 1.72. The molecule has 0 radical (unpaired) electrons. The van der Waals surface area contributed by atoms with Crippen LogP contribution in [0, 0.1) is 0 Å². The molecule has 0 saturated heterocycles. The van der Waals surface area contributed by atoms with Crippen LogP contribution >= 0.6 is 22.9 Å². The molecule has 10 heteroatoms. The molecule has 29 heavy (non-hydrogen) atoms. The van der Waals surface area contributed by atoms with Gasteiger partial charge in [0.1, 0.15) is 0 Å². The normalized spacial score (nSPS) is 11.9. The van der Waals surface area contributed by atoms with Crippen LogP contribution in [0.15, 0.2) is 76.0 Å². The van der Waals surface area contributed by atoms with Crippen LogP contribution in [0.4, 0.5) is 11.5 Å². The van der Waals surface area contributed by atoms with Crippen molar-refractivity contribution in [2.45, 2.75) is 9.92 Å². The second kappa shape index (κ2) is 6.80. The summed E-state index contributed by atoms with van der Waals surface area (Å²) < 4.78 is 28.6. The largest absolute Gasteiger partial charge is 0.339 e. The molecule has 0 bridgehead atoms. The molecule has 0 fully saturated rings.